The van der Waals surface area contributed by atoms with Crippen LogP contribution in [0, 0.1) is 10.8 Å². The van der Waals surface area contributed by atoms with Crippen LogP contribution in [0.25, 0.3) is 10.8 Å². The van der Waals surface area contributed by atoms with E-state index >= 15 is 0 Å². The molecule has 0 radical (unpaired) electrons. The quantitative estimate of drug-likeness (QED) is 0.279. The van der Waals surface area contributed by atoms with Crippen molar-refractivity contribution in [1.29, 1.82) is 10.8 Å². The fraction of sp³-hybridized carbons (Fsp3) is 0.130. The van der Waals surface area contributed by atoms with E-state index < -0.39 is 0 Å². The van der Waals surface area contributed by atoms with E-state index in [-0.39, 0.29) is 36.7 Å². The first-order valence-corrected chi connectivity index (χ1v) is 9.71. The Balaban J connectivity index is 1.50. The third kappa shape index (κ3) is 4.09. The molecule has 1 heterocycles. The number of imide groups is 1. The Morgan fingerprint density at radius 1 is 0.774 bits per heavy atom. The molecule has 3 aromatic rings. The summed E-state index contributed by atoms with van der Waals surface area (Å²) in [4.78, 5) is 28.1. The number of urea groups is 1. The van der Waals surface area contributed by atoms with Crippen molar-refractivity contribution in [1.82, 2.24) is 9.80 Å². The van der Waals surface area contributed by atoms with E-state index in [4.69, 9.17) is 22.3 Å². The third-order valence-corrected chi connectivity index (χ3v) is 5.32. The normalized spacial score (nSPS) is 13.8. The highest BCUT2D eigenvalue weighted by Gasteiger charge is 2.35. The number of hydrogen-bond donors (Lipinski definition) is 4. The highest BCUT2D eigenvalue weighted by Crippen LogP contribution is 2.22. The Morgan fingerprint density at radius 2 is 1.39 bits per heavy atom. The van der Waals surface area contributed by atoms with Crippen LogP contribution in [0.15, 0.2) is 60.7 Å². The van der Waals surface area contributed by atoms with Crippen molar-refractivity contribution in [2.75, 3.05) is 6.54 Å². The molecule has 1 fully saturated rings. The van der Waals surface area contributed by atoms with E-state index in [1.165, 1.54) is 9.80 Å². The molecule has 0 saturated carbocycles. The summed E-state index contributed by atoms with van der Waals surface area (Å²) in [6.45, 7) is 0.506. The van der Waals surface area contributed by atoms with Gasteiger partial charge < -0.3 is 16.4 Å². The largest absolute Gasteiger partial charge is 0.384 e. The summed E-state index contributed by atoms with van der Waals surface area (Å²) in [5.74, 6) is -0.275. The Labute approximate surface area is 179 Å². The fourth-order valence-corrected chi connectivity index (χ4v) is 3.63. The molecule has 0 spiro atoms. The molecule has 8 heteroatoms. The zero-order chi connectivity index (χ0) is 22.1. The number of nitrogens with zero attached hydrogens (tertiary/aromatic N) is 2. The van der Waals surface area contributed by atoms with E-state index in [1.807, 2.05) is 30.3 Å². The maximum atomic E-state index is 12.8. The topological polar surface area (TPSA) is 140 Å². The van der Waals surface area contributed by atoms with Crippen LogP contribution in [0.4, 0.5) is 4.79 Å². The molecule has 1 aliphatic heterocycles. The lowest BCUT2D eigenvalue weighted by Crippen LogP contribution is -2.32. The summed E-state index contributed by atoms with van der Waals surface area (Å²) in [5, 5.41) is 16.9. The van der Waals surface area contributed by atoms with Crippen molar-refractivity contribution >= 4 is 34.4 Å². The molecular weight excluding hydrogens is 392 g/mol. The summed E-state index contributed by atoms with van der Waals surface area (Å²) in [6, 6.07) is 17.9. The van der Waals surface area contributed by atoms with Crippen LogP contribution in [0.2, 0.25) is 0 Å². The number of carbonyl (C=O) groups excluding carboxylic acids is 2. The summed E-state index contributed by atoms with van der Waals surface area (Å²) in [7, 11) is 0. The van der Waals surface area contributed by atoms with Gasteiger partial charge in [-0.1, -0.05) is 48.5 Å². The third-order valence-electron chi connectivity index (χ3n) is 5.32. The predicted octanol–water partition coefficient (Wildman–Crippen LogP) is 2.37. The van der Waals surface area contributed by atoms with E-state index in [2.05, 4.69) is 0 Å². The number of hydrogen-bond acceptors (Lipinski definition) is 4. The lowest BCUT2D eigenvalue weighted by Gasteiger charge is -2.17. The van der Waals surface area contributed by atoms with Gasteiger partial charge in [0.25, 0.3) is 5.91 Å². The second-order valence-corrected chi connectivity index (χ2v) is 7.54. The van der Waals surface area contributed by atoms with Crippen LogP contribution < -0.4 is 11.5 Å². The van der Waals surface area contributed by atoms with Gasteiger partial charge in [0.1, 0.15) is 18.2 Å². The van der Waals surface area contributed by atoms with Gasteiger partial charge in [-0.15, -0.1) is 0 Å². The van der Waals surface area contributed by atoms with Crippen molar-refractivity contribution in [3.63, 3.8) is 0 Å². The number of rotatable bonds is 6. The van der Waals surface area contributed by atoms with Gasteiger partial charge in [-0.2, -0.15) is 0 Å². The van der Waals surface area contributed by atoms with Crippen LogP contribution in [0.1, 0.15) is 22.3 Å². The first kappa shape index (κ1) is 20.1. The van der Waals surface area contributed by atoms with Crippen molar-refractivity contribution in [3.8, 4) is 0 Å². The van der Waals surface area contributed by atoms with E-state index in [0.29, 0.717) is 17.7 Å². The van der Waals surface area contributed by atoms with Gasteiger partial charge in [0.05, 0.1) is 6.54 Å². The molecular formula is C23H22N6O2. The van der Waals surface area contributed by atoms with Gasteiger partial charge in [0.15, 0.2) is 0 Å². The molecule has 6 N–H and O–H groups in total. The van der Waals surface area contributed by atoms with Gasteiger partial charge in [-0.3, -0.25) is 20.5 Å². The lowest BCUT2D eigenvalue weighted by molar-refractivity contribution is -0.125. The molecule has 0 aromatic heterocycles. The molecule has 4 rings (SSSR count). The minimum Gasteiger partial charge on any atom is -0.384 e. The van der Waals surface area contributed by atoms with Crippen LogP contribution >= 0.6 is 0 Å². The second kappa shape index (κ2) is 7.91. The zero-order valence-corrected chi connectivity index (χ0v) is 16.8. The zero-order valence-electron chi connectivity index (χ0n) is 16.8. The van der Waals surface area contributed by atoms with Crippen molar-refractivity contribution in [2.24, 2.45) is 11.5 Å². The first-order valence-electron chi connectivity index (χ1n) is 9.71. The number of nitrogens with two attached hydrogens (primary N) is 2. The van der Waals surface area contributed by atoms with Crippen LogP contribution in [-0.4, -0.2) is 40.0 Å². The van der Waals surface area contributed by atoms with Gasteiger partial charge in [-0.25, -0.2) is 4.79 Å². The molecule has 3 aromatic carbocycles. The number of benzene rings is 3. The van der Waals surface area contributed by atoms with E-state index in [0.717, 1.165) is 21.9 Å². The number of fused-ring (bicyclic) bond motifs is 1. The van der Waals surface area contributed by atoms with Crippen LogP contribution in [0.5, 0.6) is 0 Å². The Kier molecular flexibility index (Phi) is 5.12. The van der Waals surface area contributed by atoms with Gasteiger partial charge in [-0.05, 0) is 34.0 Å². The molecule has 31 heavy (non-hydrogen) atoms. The molecule has 0 unspecified atom stereocenters. The average molecular weight is 414 g/mol. The highest BCUT2D eigenvalue weighted by molar-refractivity contribution is 6.02. The molecule has 0 atom stereocenters. The summed E-state index contributed by atoms with van der Waals surface area (Å²) in [6.07, 6.45) is 0. The minimum absolute atomic E-state index is 0.0100. The first-order chi connectivity index (χ1) is 14.8. The second-order valence-electron chi connectivity index (χ2n) is 7.54. The van der Waals surface area contributed by atoms with Crippen LogP contribution in [-0.2, 0) is 17.9 Å². The van der Waals surface area contributed by atoms with Gasteiger partial charge >= 0.3 is 6.03 Å². The van der Waals surface area contributed by atoms with Crippen molar-refractivity contribution in [3.05, 3.63) is 82.9 Å². The molecule has 3 amide bonds. The summed E-state index contributed by atoms with van der Waals surface area (Å²) in [5.41, 5.74) is 14.0. The van der Waals surface area contributed by atoms with Crippen LogP contribution in [0.3, 0.4) is 0 Å². The standard InChI is InChI=1S/C23H22N6O2/c24-21(25)17-5-1-14(2-6-17)11-28-13-20(30)29(23(28)31)12-15-3-4-16-7-8-18(22(26)27)10-19(16)9-15/h1-10H,11-13H2,(H3,24,25)(H3,26,27). The maximum Gasteiger partial charge on any atom is 0.327 e. The maximum absolute atomic E-state index is 12.8. The smallest absolute Gasteiger partial charge is 0.327 e. The number of nitrogens with one attached hydrogen (secondary N) is 2. The Bertz CT molecular complexity index is 1220. The van der Waals surface area contributed by atoms with Crippen molar-refractivity contribution in [2.45, 2.75) is 13.1 Å². The Morgan fingerprint density at radius 3 is 2.06 bits per heavy atom. The van der Waals surface area contributed by atoms with E-state index in [9.17, 15) is 9.59 Å². The number of amidine groups is 2. The molecule has 156 valence electrons. The van der Waals surface area contributed by atoms with Gasteiger partial charge in [0.2, 0.25) is 0 Å². The lowest BCUT2D eigenvalue weighted by atomic mass is 10.0. The van der Waals surface area contributed by atoms with Crippen molar-refractivity contribution < 1.29 is 9.59 Å². The average Bonchev–Trinajstić information content (AvgIpc) is 3.01. The number of amides is 3. The highest BCUT2D eigenvalue weighted by atomic mass is 16.2. The molecule has 0 aliphatic carbocycles. The SMILES string of the molecule is N=C(N)c1ccc(CN2CC(=O)N(Cc3ccc4ccc(C(=N)N)cc4c3)C2=O)cc1. The number of carbonyl (C=O) groups is 2. The molecule has 1 aliphatic rings. The molecule has 1 saturated heterocycles. The predicted molar refractivity (Wildman–Crippen MR) is 119 cm³/mol. The summed E-state index contributed by atoms with van der Waals surface area (Å²) < 4.78 is 0. The monoisotopic (exact) mass is 414 g/mol. The number of nitrogen functional groups attached to an aromatic ring is 2. The molecule has 0 bridgehead atoms. The van der Waals surface area contributed by atoms with Gasteiger partial charge in [0, 0.05) is 17.7 Å². The minimum atomic E-state index is -0.335. The summed E-state index contributed by atoms with van der Waals surface area (Å²) >= 11 is 0. The molecule has 8 nitrogen and oxygen atoms in total. The Hall–Kier alpha value is -4.20. The van der Waals surface area contributed by atoms with E-state index in [1.54, 1.807) is 30.3 Å². The fourth-order valence-electron chi connectivity index (χ4n) is 3.63.